The van der Waals surface area contributed by atoms with Gasteiger partial charge in [0.2, 0.25) is 0 Å². The van der Waals surface area contributed by atoms with Gasteiger partial charge >= 0.3 is 0 Å². The molecule has 4 nitrogen and oxygen atoms in total. The minimum Gasteiger partial charge on any atom is -0.497 e. The van der Waals surface area contributed by atoms with Crippen molar-refractivity contribution in [1.29, 1.82) is 0 Å². The van der Waals surface area contributed by atoms with E-state index >= 15 is 0 Å². The van der Waals surface area contributed by atoms with Crippen molar-refractivity contribution in [2.24, 2.45) is 0 Å². The number of halogens is 1. The van der Waals surface area contributed by atoms with E-state index in [1.54, 1.807) is 19.2 Å². The van der Waals surface area contributed by atoms with Gasteiger partial charge in [-0.1, -0.05) is 35.9 Å². The maximum Gasteiger partial charge on any atom is 0.196 e. The van der Waals surface area contributed by atoms with E-state index in [2.05, 4.69) is 30.0 Å². The van der Waals surface area contributed by atoms with Crippen molar-refractivity contribution < 1.29 is 18.6 Å². The van der Waals surface area contributed by atoms with Crippen molar-refractivity contribution in [2.45, 2.75) is 38.0 Å². The van der Waals surface area contributed by atoms with Gasteiger partial charge in [0.1, 0.15) is 11.6 Å². The molecule has 0 amide bonds. The third kappa shape index (κ3) is 4.75. The summed E-state index contributed by atoms with van der Waals surface area (Å²) in [5.74, 6) is -0.153. The SMILES string of the molecule is COc1ccc(CC2C=C(C)CCN2CCC2(c3ccc(F)cc3)OCCO2)cc1. The summed E-state index contributed by atoms with van der Waals surface area (Å²) in [7, 11) is 1.69. The van der Waals surface area contributed by atoms with Gasteiger partial charge in [0.25, 0.3) is 0 Å². The van der Waals surface area contributed by atoms with E-state index in [1.165, 1.54) is 23.3 Å². The molecule has 0 saturated carbocycles. The third-order valence-electron chi connectivity index (χ3n) is 6.11. The van der Waals surface area contributed by atoms with E-state index in [9.17, 15) is 4.39 Å². The van der Waals surface area contributed by atoms with Gasteiger partial charge in [-0.25, -0.2) is 4.39 Å². The standard InChI is InChI=1S/C25H30FNO3/c1-19-11-13-27(23(17-19)18-20-3-9-24(28-2)10-4-20)14-12-25(29-15-16-30-25)21-5-7-22(26)8-6-21/h3-10,17,23H,11-16,18H2,1-2H3. The van der Waals surface area contributed by atoms with Crippen LogP contribution in [-0.2, 0) is 21.7 Å². The molecule has 5 heteroatoms. The highest BCUT2D eigenvalue weighted by Gasteiger charge is 2.39. The topological polar surface area (TPSA) is 30.9 Å². The molecule has 160 valence electrons. The Kier molecular flexibility index (Phi) is 6.52. The Morgan fingerprint density at radius 3 is 2.43 bits per heavy atom. The van der Waals surface area contributed by atoms with Crippen LogP contribution in [0.5, 0.6) is 5.75 Å². The summed E-state index contributed by atoms with van der Waals surface area (Å²) in [6, 6.07) is 15.1. The molecule has 0 aromatic heterocycles. The predicted octanol–water partition coefficient (Wildman–Crippen LogP) is 4.69. The average Bonchev–Trinajstić information content (AvgIpc) is 3.24. The Bertz CT molecular complexity index is 857. The van der Waals surface area contributed by atoms with Gasteiger partial charge < -0.3 is 14.2 Å². The highest BCUT2D eigenvalue weighted by Crippen LogP contribution is 2.36. The summed E-state index contributed by atoms with van der Waals surface area (Å²) >= 11 is 0. The van der Waals surface area contributed by atoms with Crippen LogP contribution in [0.25, 0.3) is 0 Å². The fourth-order valence-corrected chi connectivity index (χ4v) is 4.38. The van der Waals surface area contributed by atoms with Crippen LogP contribution in [0.4, 0.5) is 4.39 Å². The molecule has 1 atom stereocenters. The van der Waals surface area contributed by atoms with Gasteiger partial charge in [0.15, 0.2) is 5.79 Å². The lowest BCUT2D eigenvalue weighted by atomic mass is 9.95. The first-order valence-electron chi connectivity index (χ1n) is 10.7. The summed E-state index contributed by atoms with van der Waals surface area (Å²) in [4.78, 5) is 2.51. The van der Waals surface area contributed by atoms with Crippen LogP contribution in [0.15, 0.2) is 60.2 Å². The molecule has 2 aliphatic rings. The molecule has 2 heterocycles. The Hall–Kier alpha value is -2.21. The van der Waals surface area contributed by atoms with Crippen LogP contribution in [0.1, 0.15) is 30.9 Å². The maximum absolute atomic E-state index is 13.4. The molecule has 1 unspecified atom stereocenters. The third-order valence-corrected chi connectivity index (χ3v) is 6.11. The van der Waals surface area contributed by atoms with Crippen molar-refractivity contribution in [2.75, 3.05) is 33.4 Å². The molecular weight excluding hydrogens is 381 g/mol. The van der Waals surface area contributed by atoms with Crippen LogP contribution in [0, 0.1) is 5.82 Å². The van der Waals surface area contributed by atoms with Crippen LogP contribution in [0.2, 0.25) is 0 Å². The Labute approximate surface area is 178 Å². The number of nitrogens with zero attached hydrogens (tertiary/aromatic N) is 1. The van der Waals surface area contributed by atoms with Gasteiger partial charge in [0, 0.05) is 31.1 Å². The second-order valence-electron chi connectivity index (χ2n) is 8.13. The monoisotopic (exact) mass is 411 g/mol. The first kappa shape index (κ1) is 21.0. The van der Waals surface area contributed by atoms with Gasteiger partial charge in [0.05, 0.1) is 20.3 Å². The molecule has 0 N–H and O–H groups in total. The van der Waals surface area contributed by atoms with E-state index in [1.807, 2.05) is 12.1 Å². The molecule has 1 saturated heterocycles. The zero-order chi connectivity index (χ0) is 21.0. The van der Waals surface area contributed by atoms with E-state index in [-0.39, 0.29) is 5.82 Å². The summed E-state index contributed by atoms with van der Waals surface area (Å²) in [6.07, 6.45) is 5.12. The maximum atomic E-state index is 13.4. The molecular formula is C25H30FNO3. The number of benzene rings is 2. The number of rotatable bonds is 7. The minimum atomic E-state index is -0.783. The van der Waals surface area contributed by atoms with Crippen LogP contribution >= 0.6 is 0 Å². The molecule has 2 aliphatic heterocycles. The molecule has 2 aromatic carbocycles. The Morgan fingerprint density at radius 2 is 1.77 bits per heavy atom. The van der Waals surface area contributed by atoms with Crippen LogP contribution < -0.4 is 4.74 Å². The molecule has 2 aromatic rings. The molecule has 30 heavy (non-hydrogen) atoms. The summed E-state index contributed by atoms with van der Waals surface area (Å²) in [5.41, 5.74) is 3.61. The number of methoxy groups -OCH3 is 1. The van der Waals surface area contributed by atoms with Crippen LogP contribution in [-0.4, -0.2) is 44.4 Å². The highest BCUT2D eigenvalue weighted by atomic mass is 19.1. The molecule has 0 radical (unpaired) electrons. The van der Waals surface area contributed by atoms with Crippen molar-refractivity contribution in [1.82, 2.24) is 4.90 Å². The fraction of sp³-hybridized carbons (Fsp3) is 0.440. The second-order valence-corrected chi connectivity index (χ2v) is 8.13. The first-order valence-corrected chi connectivity index (χ1v) is 10.7. The lowest BCUT2D eigenvalue weighted by Crippen LogP contribution is -2.42. The largest absolute Gasteiger partial charge is 0.497 e. The van der Waals surface area contributed by atoms with Crippen molar-refractivity contribution in [3.8, 4) is 5.75 Å². The van der Waals surface area contributed by atoms with Crippen molar-refractivity contribution >= 4 is 0 Å². The van der Waals surface area contributed by atoms with E-state index in [0.29, 0.717) is 25.7 Å². The normalized spacial score (nSPS) is 21.4. The quantitative estimate of drug-likeness (QED) is 0.619. The van der Waals surface area contributed by atoms with Crippen molar-refractivity contribution in [3.05, 3.63) is 77.1 Å². The minimum absolute atomic E-state index is 0.247. The molecule has 1 fully saturated rings. The van der Waals surface area contributed by atoms with E-state index in [0.717, 1.165) is 37.2 Å². The second kappa shape index (κ2) is 9.29. The molecule has 4 rings (SSSR count). The van der Waals surface area contributed by atoms with Crippen LogP contribution in [0.3, 0.4) is 0 Å². The first-order chi connectivity index (χ1) is 14.6. The van der Waals surface area contributed by atoms with Gasteiger partial charge in [-0.2, -0.15) is 0 Å². The summed E-state index contributed by atoms with van der Waals surface area (Å²) in [6.45, 7) is 5.20. The molecule has 0 aliphatic carbocycles. The number of hydrogen-bond donors (Lipinski definition) is 0. The zero-order valence-corrected chi connectivity index (χ0v) is 17.8. The average molecular weight is 412 g/mol. The van der Waals surface area contributed by atoms with Crippen molar-refractivity contribution in [3.63, 3.8) is 0 Å². The predicted molar refractivity (Wildman–Crippen MR) is 115 cm³/mol. The van der Waals surface area contributed by atoms with Gasteiger partial charge in [-0.15, -0.1) is 0 Å². The summed E-state index contributed by atoms with van der Waals surface area (Å²) in [5, 5.41) is 0. The number of hydrogen-bond acceptors (Lipinski definition) is 4. The van der Waals surface area contributed by atoms with E-state index < -0.39 is 5.79 Å². The zero-order valence-electron chi connectivity index (χ0n) is 17.8. The molecule has 0 bridgehead atoms. The van der Waals surface area contributed by atoms with Gasteiger partial charge in [-0.3, -0.25) is 4.90 Å². The van der Waals surface area contributed by atoms with Gasteiger partial charge in [-0.05, 0) is 49.6 Å². The Morgan fingerprint density at radius 1 is 1.07 bits per heavy atom. The highest BCUT2D eigenvalue weighted by molar-refractivity contribution is 5.29. The Balaban J connectivity index is 1.47. The summed E-state index contributed by atoms with van der Waals surface area (Å²) < 4.78 is 30.8. The molecule has 0 spiro atoms. The lowest BCUT2D eigenvalue weighted by molar-refractivity contribution is -0.174. The smallest absolute Gasteiger partial charge is 0.196 e. The van der Waals surface area contributed by atoms with E-state index in [4.69, 9.17) is 14.2 Å². The lowest BCUT2D eigenvalue weighted by Gasteiger charge is -2.37. The fourth-order valence-electron chi connectivity index (χ4n) is 4.38. The number of ether oxygens (including phenoxy) is 3.